The van der Waals surface area contributed by atoms with Crippen molar-refractivity contribution in [2.24, 2.45) is 12.8 Å². The first-order valence-electron chi connectivity index (χ1n) is 8.32. The zero-order chi connectivity index (χ0) is 19.1. The third-order valence-corrected chi connectivity index (χ3v) is 4.45. The number of primary amides is 1. The van der Waals surface area contributed by atoms with Gasteiger partial charge in [-0.05, 0) is 31.2 Å². The van der Waals surface area contributed by atoms with Crippen molar-refractivity contribution in [2.75, 3.05) is 0 Å². The molecule has 4 aromatic rings. The normalized spacial score (nSPS) is 11.2. The first-order valence-corrected chi connectivity index (χ1v) is 8.32. The van der Waals surface area contributed by atoms with Crippen molar-refractivity contribution in [1.82, 2.24) is 19.2 Å². The van der Waals surface area contributed by atoms with Crippen molar-refractivity contribution < 1.29 is 9.53 Å². The van der Waals surface area contributed by atoms with Gasteiger partial charge in [-0.3, -0.25) is 18.6 Å². The van der Waals surface area contributed by atoms with Crippen LogP contribution in [0.4, 0.5) is 0 Å². The Balaban J connectivity index is 1.83. The van der Waals surface area contributed by atoms with Gasteiger partial charge in [0, 0.05) is 7.05 Å². The fourth-order valence-electron chi connectivity index (χ4n) is 3.09. The molecule has 1 amide bonds. The summed E-state index contributed by atoms with van der Waals surface area (Å²) in [6, 6.07) is 12.4. The summed E-state index contributed by atoms with van der Waals surface area (Å²) in [6.07, 6.45) is 0. The Morgan fingerprint density at radius 3 is 2.74 bits per heavy atom. The van der Waals surface area contributed by atoms with Gasteiger partial charge in [0.2, 0.25) is 5.78 Å². The Morgan fingerprint density at radius 2 is 1.96 bits per heavy atom. The predicted octanol–water partition coefficient (Wildman–Crippen LogP) is 1.57. The van der Waals surface area contributed by atoms with Crippen LogP contribution in [-0.4, -0.2) is 25.1 Å². The van der Waals surface area contributed by atoms with Gasteiger partial charge in [-0.15, -0.1) is 10.2 Å². The second kappa shape index (κ2) is 6.24. The number of amides is 1. The number of nitrogens with two attached hydrogens (primary N) is 1. The number of fused-ring (bicyclic) bond motifs is 3. The molecule has 0 radical (unpaired) electrons. The highest BCUT2D eigenvalue weighted by atomic mass is 16.5. The highest BCUT2D eigenvalue weighted by molar-refractivity contribution is 5.95. The molecule has 2 aromatic carbocycles. The van der Waals surface area contributed by atoms with E-state index >= 15 is 0 Å². The minimum absolute atomic E-state index is 0.0621. The predicted molar refractivity (Wildman–Crippen MR) is 99.8 cm³/mol. The number of hydrogen-bond acceptors (Lipinski definition) is 5. The van der Waals surface area contributed by atoms with Crippen molar-refractivity contribution in [3.05, 3.63) is 69.8 Å². The van der Waals surface area contributed by atoms with Gasteiger partial charge in [-0.1, -0.05) is 23.8 Å². The van der Waals surface area contributed by atoms with Crippen LogP contribution in [-0.2, 0) is 13.7 Å². The average molecular weight is 363 g/mol. The summed E-state index contributed by atoms with van der Waals surface area (Å²) in [5.74, 6) is 0.721. The minimum atomic E-state index is -0.569. The maximum Gasteiger partial charge on any atom is 0.262 e. The van der Waals surface area contributed by atoms with Gasteiger partial charge >= 0.3 is 0 Å². The smallest absolute Gasteiger partial charge is 0.262 e. The van der Waals surface area contributed by atoms with Crippen molar-refractivity contribution in [3.8, 4) is 5.75 Å². The van der Waals surface area contributed by atoms with E-state index in [0.717, 1.165) is 5.56 Å². The second-order valence-electron chi connectivity index (χ2n) is 6.29. The number of rotatable bonds is 4. The van der Waals surface area contributed by atoms with Crippen LogP contribution in [0.5, 0.6) is 5.75 Å². The van der Waals surface area contributed by atoms with E-state index in [4.69, 9.17) is 10.5 Å². The average Bonchev–Trinajstić information content (AvgIpc) is 3.08. The van der Waals surface area contributed by atoms with Crippen LogP contribution in [0.2, 0.25) is 0 Å². The molecule has 4 rings (SSSR count). The standard InChI is InChI=1S/C19H17N5O3/c1-11-7-8-14-13(9-11)18(26)23(2)19-22-21-16(24(14)19)10-27-15-6-4-3-5-12(15)17(20)25/h3-9H,10H2,1-2H3,(H2,20,25). The summed E-state index contributed by atoms with van der Waals surface area (Å²) in [6.45, 7) is 1.99. The van der Waals surface area contributed by atoms with Crippen molar-refractivity contribution >= 4 is 22.6 Å². The van der Waals surface area contributed by atoms with E-state index < -0.39 is 5.91 Å². The first kappa shape index (κ1) is 16.8. The van der Waals surface area contributed by atoms with Crippen molar-refractivity contribution in [1.29, 1.82) is 0 Å². The third-order valence-electron chi connectivity index (χ3n) is 4.45. The molecule has 136 valence electrons. The van der Waals surface area contributed by atoms with Crippen LogP contribution in [0.3, 0.4) is 0 Å². The monoisotopic (exact) mass is 363 g/mol. The van der Waals surface area contributed by atoms with E-state index in [-0.39, 0.29) is 12.2 Å². The van der Waals surface area contributed by atoms with E-state index in [1.165, 1.54) is 4.57 Å². The highest BCUT2D eigenvalue weighted by Crippen LogP contribution is 2.20. The van der Waals surface area contributed by atoms with E-state index in [1.807, 2.05) is 25.1 Å². The van der Waals surface area contributed by atoms with Crippen LogP contribution >= 0.6 is 0 Å². The molecule has 0 saturated carbocycles. The number of hydrogen-bond donors (Lipinski definition) is 1. The summed E-state index contributed by atoms with van der Waals surface area (Å²) in [7, 11) is 1.65. The largest absolute Gasteiger partial charge is 0.485 e. The molecule has 2 heterocycles. The SMILES string of the molecule is Cc1ccc2c(c1)c(=O)n(C)c1nnc(COc3ccccc3C(N)=O)n21. The minimum Gasteiger partial charge on any atom is -0.485 e. The number of aromatic nitrogens is 4. The van der Waals surface area contributed by atoms with Gasteiger partial charge in [-0.2, -0.15) is 0 Å². The molecule has 0 fully saturated rings. The molecule has 2 N–H and O–H groups in total. The van der Waals surface area contributed by atoms with E-state index in [1.54, 1.807) is 35.7 Å². The number of aryl methyl sites for hydroxylation is 2. The first-order chi connectivity index (χ1) is 13.0. The lowest BCUT2D eigenvalue weighted by Crippen LogP contribution is -2.21. The van der Waals surface area contributed by atoms with Crippen LogP contribution in [0.15, 0.2) is 47.3 Å². The van der Waals surface area contributed by atoms with Crippen LogP contribution in [0.25, 0.3) is 16.7 Å². The zero-order valence-corrected chi connectivity index (χ0v) is 14.8. The lowest BCUT2D eigenvalue weighted by Gasteiger charge is -2.10. The molecular weight excluding hydrogens is 346 g/mol. The number of ether oxygens (including phenoxy) is 1. The van der Waals surface area contributed by atoms with Gasteiger partial charge in [0.15, 0.2) is 5.82 Å². The van der Waals surface area contributed by atoms with Gasteiger partial charge in [0.05, 0.1) is 16.5 Å². The fraction of sp³-hybridized carbons (Fsp3) is 0.158. The van der Waals surface area contributed by atoms with Crippen LogP contribution < -0.4 is 16.0 Å². The van der Waals surface area contributed by atoms with Gasteiger partial charge in [-0.25, -0.2) is 0 Å². The Morgan fingerprint density at radius 1 is 1.19 bits per heavy atom. The molecule has 27 heavy (non-hydrogen) atoms. The molecule has 0 aliphatic carbocycles. The lowest BCUT2D eigenvalue weighted by molar-refractivity contribution is 0.0995. The summed E-state index contributed by atoms with van der Waals surface area (Å²) < 4.78 is 9.02. The van der Waals surface area contributed by atoms with E-state index in [9.17, 15) is 9.59 Å². The molecule has 8 heteroatoms. The molecule has 0 bridgehead atoms. The number of nitrogens with zero attached hydrogens (tertiary/aromatic N) is 4. The Labute approximate surface area is 153 Å². The molecule has 0 saturated heterocycles. The van der Waals surface area contributed by atoms with E-state index in [2.05, 4.69) is 10.2 Å². The topological polar surface area (TPSA) is 105 Å². The Hall–Kier alpha value is -3.68. The van der Waals surface area contributed by atoms with Gasteiger partial charge in [0.25, 0.3) is 11.5 Å². The van der Waals surface area contributed by atoms with Gasteiger partial charge < -0.3 is 10.5 Å². The molecular formula is C19H17N5O3. The van der Waals surface area contributed by atoms with Crippen LogP contribution in [0.1, 0.15) is 21.7 Å². The van der Waals surface area contributed by atoms with E-state index in [0.29, 0.717) is 33.8 Å². The number of carbonyl (C=O) groups excluding carboxylic acids is 1. The molecule has 0 aliphatic rings. The quantitative estimate of drug-likeness (QED) is 0.592. The molecule has 0 atom stereocenters. The number of benzene rings is 2. The molecule has 0 spiro atoms. The molecule has 0 aliphatic heterocycles. The molecule has 2 aromatic heterocycles. The summed E-state index contributed by atoms with van der Waals surface area (Å²) in [4.78, 5) is 24.2. The van der Waals surface area contributed by atoms with Crippen LogP contribution in [0, 0.1) is 6.92 Å². The third kappa shape index (κ3) is 2.71. The fourth-order valence-corrected chi connectivity index (χ4v) is 3.09. The Bertz CT molecular complexity index is 1260. The number of carbonyl (C=O) groups is 1. The van der Waals surface area contributed by atoms with Crippen molar-refractivity contribution in [3.63, 3.8) is 0 Å². The maximum atomic E-state index is 12.6. The van der Waals surface area contributed by atoms with Gasteiger partial charge in [0.1, 0.15) is 12.4 Å². The van der Waals surface area contributed by atoms with Crippen molar-refractivity contribution in [2.45, 2.75) is 13.5 Å². The summed E-state index contributed by atoms with van der Waals surface area (Å²) in [5, 5.41) is 8.87. The second-order valence-corrected chi connectivity index (χ2v) is 6.29. The number of para-hydroxylation sites is 1. The maximum absolute atomic E-state index is 12.6. The molecule has 0 unspecified atom stereocenters. The summed E-state index contributed by atoms with van der Waals surface area (Å²) >= 11 is 0. The highest BCUT2D eigenvalue weighted by Gasteiger charge is 2.16. The lowest BCUT2D eigenvalue weighted by atomic mass is 10.1. The zero-order valence-electron chi connectivity index (χ0n) is 14.8. The molecule has 8 nitrogen and oxygen atoms in total. The Kier molecular flexibility index (Phi) is 3.88. The summed E-state index contributed by atoms with van der Waals surface area (Å²) in [5.41, 5.74) is 7.23.